The van der Waals surface area contributed by atoms with Crippen LogP contribution < -0.4 is 16.2 Å². The van der Waals surface area contributed by atoms with Gasteiger partial charge in [-0.2, -0.15) is 0 Å². The highest BCUT2D eigenvalue weighted by Gasteiger charge is 2.20. The van der Waals surface area contributed by atoms with Crippen LogP contribution in [-0.2, 0) is 11.3 Å². The molecule has 0 saturated carbocycles. The second-order valence-corrected chi connectivity index (χ2v) is 10.6. The molecule has 0 saturated heterocycles. The van der Waals surface area contributed by atoms with Crippen LogP contribution in [0.1, 0.15) is 50.0 Å². The average Bonchev–Trinajstić information content (AvgIpc) is 3.28. The van der Waals surface area contributed by atoms with Gasteiger partial charge >= 0.3 is 0 Å². The molecule has 9 nitrogen and oxygen atoms in total. The number of aryl methyl sites for hydroxylation is 1. The van der Waals surface area contributed by atoms with E-state index in [1.165, 1.54) is 11.8 Å². The Kier molecular flexibility index (Phi) is 7.97. The number of fused-ring (bicyclic) bond motifs is 3. The number of anilines is 1. The molecule has 4 aromatic rings. The molecule has 0 bridgehead atoms. The smallest absolute Gasteiger partial charge is 0.262 e. The highest BCUT2D eigenvalue weighted by molar-refractivity contribution is 7.99. The molecule has 0 aliphatic rings. The molecule has 0 aliphatic carbocycles. The molecule has 0 unspecified atom stereocenters. The molecule has 2 aromatic carbocycles. The number of hydrogen-bond donors (Lipinski definition) is 2. The minimum atomic E-state index is -0.212. The summed E-state index contributed by atoms with van der Waals surface area (Å²) in [5, 5.41) is 15.4. The lowest BCUT2D eigenvalue weighted by Gasteiger charge is -2.15. The van der Waals surface area contributed by atoms with E-state index in [4.69, 9.17) is 0 Å². The molecule has 2 heterocycles. The van der Waals surface area contributed by atoms with Crippen molar-refractivity contribution in [3.63, 3.8) is 0 Å². The number of aromatic nitrogens is 4. The summed E-state index contributed by atoms with van der Waals surface area (Å²) in [6.45, 7) is 10.4. The fraction of sp³-hybridized carbons (Fsp3) is 0.370. The molecule has 2 aromatic heterocycles. The van der Waals surface area contributed by atoms with Crippen molar-refractivity contribution in [2.24, 2.45) is 5.92 Å². The summed E-state index contributed by atoms with van der Waals surface area (Å²) in [4.78, 5) is 38.9. The van der Waals surface area contributed by atoms with Gasteiger partial charge in [0.2, 0.25) is 11.7 Å². The lowest BCUT2D eigenvalue weighted by Crippen LogP contribution is -2.32. The zero-order valence-electron chi connectivity index (χ0n) is 21.7. The Morgan fingerprint density at radius 1 is 1.08 bits per heavy atom. The van der Waals surface area contributed by atoms with E-state index in [9.17, 15) is 14.4 Å². The number of carbonyl (C=O) groups excluding carboxylic acids is 2. The van der Waals surface area contributed by atoms with Crippen LogP contribution >= 0.6 is 11.8 Å². The minimum absolute atomic E-state index is 0.0233. The molecule has 0 radical (unpaired) electrons. The zero-order valence-corrected chi connectivity index (χ0v) is 22.6. The van der Waals surface area contributed by atoms with Gasteiger partial charge < -0.3 is 10.6 Å². The van der Waals surface area contributed by atoms with Crippen LogP contribution in [0.2, 0.25) is 0 Å². The maximum atomic E-state index is 13.4. The SMILES string of the molecule is CC[C@@H](C)NC(=O)c1ccc2c(=O)n(CC(C)C)c3nnc(SCC(=O)Nc4cccc(C)c4)n3c2c1. The van der Waals surface area contributed by atoms with Gasteiger partial charge in [-0.3, -0.25) is 23.4 Å². The lowest BCUT2D eigenvalue weighted by molar-refractivity contribution is -0.113. The maximum Gasteiger partial charge on any atom is 0.262 e. The van der Waals surface area contributed by atoms with E-state index >= 15 is 0 Å². The molecule has 10 heteroatoms. The summed E-state index contributed by atoms with van der Waals surface area (Å²) in [5.74, 6) is 0.296. The molecule has 2 amide bonds. The fourth-order valence-corrected chi connectivity index (χ4v) is 4.75. The van der Waals surface area contributed by atoms with Gasteiger partial charge in [-0.1, -0.05) is 44.7 Å². The average molecular weight is 521 g/mol. The molecule has 194 valence electrons. The van der Waals surface area contributed by atoms with E-state index in [0.29, 0.717) is 33.9 Å². The van der Waals surface area contributed by atoms with E-state index in [-0.39, 0.29) is 35.1 Å². The van der Waals surface area contributed by atoms with Gasteiger partial charge in [-0.25, -0.2) is 0 Å². The van der Waals surface area contributed by atoms with Gasteiger partial charge in [-0.15, -0.1) is 10.2 Å². The van der Waals surface area contributed by atoms with Crippen molar-refractivity contribution in [1.82, 2.24) is 24.5 Å². The number of carbonyl (C=O) groups is 2. The number of rotatable bonds is 9. The second-order valence-electron chi connectivity index (χ2n) is 9.65. The predicted octanol–water partition coefficient (Wildman–Crippen LogP) is 4.27. The Labute approximate surface area is 219 Å². The molecular formula is C27H32N6O3S. The molecule has 37 heavy (non-hydrogen) atoms. The van der Waals surface area contributed by atoms with Gasteiger partial charge in [0.1, 0.15) is 0 Å². The number of nitrogens with zero attached hydrogens (tertiary/aromatic N) is 4. The highest BCUT2D eigenvalue weighted by atomic mass is 32.2. The Bertz CT molecular complexity index is 1520. The van der Waals surface area contributed by atoms with Crippen LogP contribution in [0.5, 0.6) is 0 Å². The van der Waals surface area contributed by atoms with Gasteiger partial charge in [0.15, 0.2) is 5.16 Å². The Hall–Kier alpha value is -3.66. The number of thioether (sulfide) groups is 1. The lowest BCUT2D eigenvalue weighted by atomic mass is 10.1. The molecular weight excluding hydrogens is 488 g/mol. The topological polar surface area (TPSA) is 110 Å². The Morgan fingerprint density at radius 2 is 1.86 bits per heavy atom. The number of hydrogen-bond acceptors (Lipinski definition) is 6. The third-order valence-electron chi connectivity index (χ3n) is 6.01. The monoisotopic (exact) mass is 520 g/mol. The van der Waals surface area contributed by atoms with Crippen molar-refractivity contribution < 1.29 is 9.59 Å². The van der Waals surface area contributed by atoms with Crippen molar-refractivity contribution in [1.29, 1.82) is 0 Å². The van der Waals surface area contributed by atoms with E-state index in [2.05, 4.69) is 20.8 Å². The van der Waals surface area contributed by atoms with Gasteiger partial charge in [0.05, 0.1) is 16.7 Å². The zero-order chi connectivity index (χ0) is 26.7. The van der Waals surface area contributed by atoms with Crippen LogP contribution in [0, 0.1) is 12.8 Å². The summed E-state index contributed by atoms with van der Waals surface area (Å²) in [5.41, 5.74) is 2.56. The van der Waals surface area contributed by atoms with Gasteiger partial charge in [0, 0.05) is 23.8 Å². The van der Waals surface area contributed by atoms with Crippen molar-refractivity contribution in [2.45, 2.75) is 58.8 Å². The molecule has 0 aliphatic heterocycles. The summed E-state index contributed by atoms with van der Waals surface area (Å²) in [6.07, 6.45) is 0.806. The first kappa shape index (κ1) is 26.4. The largest absolute Gasteiger partial charge is 0.350 e. The first-order chi connectivity index (χ1) is 17.7. The predicted molar refractivity (Wildman–Crippen MR) is 147 cm³/mol. The van der Waals surface area contributed by atoms with E-state index in [0.717, 1.165) is 17.7 Å². The van der Waals surface area contributed by atoms with Crippen LogP contribution in [0.4, 0.5) is 5.69 Å². The third-order valence-corrected chi connectivity index (χ3v) is 6.93. The minimum Gasteiger partial charge on any atom is -0.350 e. The molecule has 0 fully saturated rings. The van der Waals surface area contributed by atoms with Gasteiger partial charge in [-0.05, 0) is 62.1 Å². The summed E-state index contributed by atoms with van der Waals surface area (Å²) in [7, 11) is 0. The first-order valence-corrected chi connectivity index (χ1v) is 13.4. The molecule has 0 spiro atoms. The highest BCUT2D eigenvalue weighted by Crippen LogP contribution is 2.23. The van der Waals surface area contributed by atoms with Crippen molar-refractivity contribution in [3.05, 3.63) is 63.9 Å². The fourth-order valence-electron chi connectivity index (χ4n) is 4.01. The first-order valence-electron chi connectivity index (χ1n) is 12.4. The van der Waals surface area contributed by atoms with E-state index in [1.54, 1.807) is 27.2 Å². The van der Waals surface area contributed by atoms with Crippen LogP contribution in [-0.4, -0.2) is 42.8 Å². The quantitative estimate of drug-likeness (QED) is 0.319. The Balaban J connectivity index is 1.74. The van der Waals surface area contributed by atoms with Gasteiger partial charge in [0.25, 0.3) is 11.5 Å². The molecule has 2 N–H and O–H groups in total. The number of nitrogens with one attached hydrogen (secondary N) is 2. The van der Waals surface area contributed by atoms with Crippen LogP contribution in [0.15, 0.2) is 52.4 Å². The third kappa shape index (κ3) is 5.85. The molecule has 1 atom stereocenters. The normalized spacial score (nSPS) is 12.3. The standard InChI is InChI=1S/C27H32N6O3S/c1-6-18(5)28-24(35)19-10-11-21-22(13-19)33-26(32(25(21)36)14-16(2)3)30-31-27(33)37-15-23(34)29-20-9-7-8-17(4)12-20/h7-13,16,18H,6,14-15H2,1-5H3,(H,28,35)(H,29,34)/t18-/m1/s1. The summed E-state index contributed by atoms with van der Waals surface area (Å²) in [6, 6.07) is 12.7. The van der Waals surface area contributed by atoms with Crippen molar-refractivity contribution in [2.75, 3.05) is 11.1 Å². The van der Waals surface area contributed by atoms with Crippen LogP contribution in [0.25, 0.3) is 16.7 Å². The van der Waals surface area contributed by atoms with E-state index < -0.39 is 0 Å². The summed E-state index contributed by atoms with van der Waals surface area (Å²) >= 11 is 1.23. The maximum absolute atomic E-state index is 13.4. The summed E-state index contributed by atoms with van der Waals surface area (Å²) < 4.78 is 3.37. The van der Waals surface area contributed by atoms with E-state index in [1.807, 2.05) is 58.9 Å². The van der Waals surface area contributed by atoms with Crippen molar-refractivity contribution in [3.8, 4) is 0 Å². The van der Waals surface area contributed by atoms with Crippen molar-refractivity contribution >= 4 is 45.9 Å². The number of benzene rings is 2. The van der Waals surface area contributed by atoms with Crippen LogP contribution in [0.3, 0.4) is 0 Å². The molecule has 4 rings (SSSR count). The second kappa shape index (κ2) is 11.2. The Morgan fingerprint density at radius 3 is 2.57 bits per heavy atom. The number of amides is 2.